The second-order valence-corrected chi connectivity index (χ2v) is 9.66. The van der Waals surface area contributed by atoms with Crippen LogP contribution in [0.25, 0.3) is 0 Å². The van der Waals surface area contributed by atoms with Gasteiger partial charge >= 0.3 is 0 Å². The third-order valence-corrected chi connectivity index (χ3v) is 3.46. The van der Waals surface area contributed by atoms with Crippen LogP contribution in [0.15, 0.2) is 0 Å². The zero-order chi connectivity index (χ0) is 23.2. The first kappa shape index (κ1) is 33.5. The van der Waals surface area contributed by atoms with Crippen molar-refractivity contribution < 1.29 is 18.9 Å². The van der Waals surface area contributed by atoms with Crippen molar-refractivity contribution >= 4 is 0 Å². The van der Waals surface area contributed by atoms with Gasteiger partial charge in [-0.2, -0.15) is 0 Å². The SMILES string of the molecule is CC(C)CCCOC(C)C.CC(C)CCOC(C)C.CC(C)COCOC(C)C. The number of hydrogen-bond acceptors (Lipinski definition) is 4. The molecule has 4 heteroatoms. The van der Waals surface area contributed by atoms with Gasteiger partial charge in [-0.05, 0) is 78.6 Å². The Labute approximate surface area is 184 Å². The quantitative estimate of drug-likeness (QED) is 0.217. The standard InChI is InChI=1S/C9H20O.C8H18O2.C8H18O/c1-8(2)6-5-7-10-9(3)4;1-7(2)5-9-6-10-8(3)4;1-7(2)5-6-9-8(3)4/h8-9H,5-7H2,1-4H3;7-8H,5-6H2,1-4H3;7-8H,5-6H2,1-4H3. The molecule has 0 aliphatic heterocycles. The predicted molar refractivity (Wildman–Crippen MR) is 128 cm³/mol. The van der Waals surface area contributed by atoms with E-state index in [1.807, 2.05) is 13.8 Å². The van der Waals surface area contributed by atoms with Gasteiger partial charge in [0.05, 0.1) is 24.9 Å². The maximum atomic E-state index is 5.39. The molecule has 0 saturated heterocycles. The van der Waals surface area contributed by atoms with Crippen molar-refractivity contribution in [1.82, 2.24) is 0 Å². The molecule has 0 bridgehead atoms. The van der Waals surface area contributed by atoms with Crippen molar-refractivity contribution in [2.45, 2.75) is 121 Å². The van der Waals surface area contributed by atoms with E-state index in [9.17, 15) is 0 Å². The van der Waals surface area contributed by atoms with E-state index >= 15 is 0 Å². The summed E-state index contributed by atoms with van der Waals surface area (Å²) in [4.78, 5) is 0. The average molecular weight is 421 g/mol. The summed E-state index contributed by atoms with van der Waals surface area (Å²) in [5, 5.41) is 0. The lowest BCUT2D eigenvalue weighted by atomic mass is 10.1. The molecule has 4 nitrogen and oxygen atoms in total. The first-order valence-corrected chi connectivity index (χ1v) is 11.8. The Bertz CT molecular complexity index is 239. The van der Waals surface area contributed by atoms with E-state index in [1.165, 1.54) is 19.3 Å². The van der Waals surface area contributed by atoms with Crippen LogP contribution in [0.2, 0.25) is 0 Å². The van der Waals surface area contributed by atoms with E-state index in [-0.39, 0.29) is 6.10 Å². The first-order valence-electron chi connectivity index (χ1n) is 11.8. The summed E-state index contributed by atoms with van der Waals surface area (Å²) < 4.78 is 21.1. The Hall–Kier alpha value is -0.160. The van der Waals surface area contributed by atoms with Gasteiger partial charge in [-0.1, -0.05) is 41.5 Å². The monoisotopic (exact) mass is 420 g/mol. The van der Waals surface area contributed by atoms with Crippen LogP contribution >= 0.6 is 0 Å². The van der Waals surface area contributed by atoms with Crippen molar-refractivity contribution in [2.24, 2.45) is 17.8 Å². The maximum absolute atomic E-state index is 5.39. The first-order chi connectivity index (χ1) is 13.4. The van der Waals surface area contributed by atoms with E-state index in [1.54, 1.807) is 0 Å². The van der Waals surface area contributed by atoms with Crippen molar-refractivity contribution in [3.63, 3.8) is 0 Å². The van der Waals surface area contributed by atoms with Gasteiger partial charge in [0.2, 0.25) is 0 Å². The van der Waals surface area contributed by atoms with Gasteiger partial charge in [-0.15, -0.1) is 0 Å². The summed E-state index contributed by atoms with van der Waals surface area (Å²) in [6.45, 7) is 28.5. The summed E-state index contributed by atoms with van der Waals surface area (Å²) in [6.07, 6.45) is 4.73. The number of rotatable bonds is 14. The molecule has 0 rings (SSSR count). The molecule has 0 saturated carbocycles. The Balaban J connectivity index is -0.000000350. The van der Waals surface area contributed by atoms with E-state index < -0.39 is 0 Å². The van der Waals surface area contributed by atoms with Gasteiger partial charge in [0.15, 0.2) is 0 Å². The average Bonchev–Trinajstić information content (AvgIpc) is 2.55. The van der Waals surface area contributed by atoms with Gasteiger partial charge in [0, 0.05) is 13.2 Å². The predicted octanol–water partition coefficient (Wildman–Crippen LogP) is 7.35. The summed E-state index contributed by atoms with van der Waals surface area (Å²) in [6, 6.07) is 0. The highest BCUT2D eigenvalue weighted by Crippen LogP contribution is 2.04. The molecule has 0 aromatic heterocycles. The molecule has 0 spiro atoms. The Kier molecular flexibility index (Phi) is 27.8. The molecule has 0 radical (unpaired) electrons. The van der Waals surface area contributed by atoms with E-state index in [2.05, 4.69) is 69.2 Å². The van der Waals surface area contributed by atoms with Gasteiger partial charge < -0.3 is 18.9 Å². The van der Waals surface area contributed by atoms with Crippen molar-refractivity contribution in [3.05, 3.63) is 0 Å². The molecule has 0 amide bonds. The number of hydrogen-bond donors (Lipinski definition) is 0. The van der Waals surface area contributed by atoms with E-state index in [0.717, 1.165) is 31.7 Å². The zero-order valence-electron chi connectivity index (χ0n) is 22.0. The summed E-state index contributed by atoms with van der Waals surface area (Å²) >= 11 is 0. The van der Waals surface area contributed by atoms with Crippen molar-refractivity contribution in [2.75, 3.05) is 26.6 Å². The van der Waals surface area contributed by atoms with Gasteiger partial charge in [-0.25, -0.2) is 0 Å². The van der Waals surface area contributed by atoms with Crippen LogP contribution in [0.1, 0.15) is 102 Å². The molecule has 0 fully saturated rings. The fraction of sp³-hybridized carbons (Fsp3) is 1.00. The molecule has 0 aliphatic rings. The van der Waals surface area contributed by atoms with Crippen LogP contribution in [0, 0.1) is 17.8 Å². The molecule has 0 atom stereocenters. The maximum Gasteiger partial charge on any atom is 0.147 e. The molecule has 0 aromatic carbocycles. The molecule has 0 N–H and O–H groups in total. The highest BCUT2D eigenvalue weighted by molar-refractivity contribution is 4.46. The molecular weight excluding hydrogens is 364 g/mol. The third-order valence-electron chi connectivity index (χ3n) is 3.46. The zero-order valence-corrected chi connectivity index (χ0v) is 22.0. The normalized spacial score (nSPS) is 11.4. The van der Waals surface area contributed by atoms with Crippen molar-refractivity contribution in [1.29, 1.82) is 0 Å². The summed E-state index contributed by atoms with van der Waals surface area (Å²) in [5.74, 6) is 2.18. The lowest BCUT2D eigenvalue weighted by molar-refractivity contribution is -0.0847. The largest absolute Gasteiger partial charge is 0.379 e. The van der Waals surface area contributed by atoms with Crippen LogP contribution in [0.4, 0.5) is 0 Å². The molecular formula is C25H56O4. The lowest BCUT2D eigenvalue weighted by Gasteiger charge is -2.09. The molecule has 0 aliphatic carbocycles. The minimum Gasteiger partial charge on any atom is -0.379 e. The van der Waals surface area contributed by atoms with Crippen molar-refractivity contribution in [3.8, 4) is 0 Å². The Morgan fingerprint density at radius 2 is 0.931 bits per heavy atom. The fourth-order valence-corrected chi connectivity index (χ4v) is 1.82. The van der Waals surface area contributed by atoms with Crippen LogP contribution in [-0.4, -0.2) is 44.9 Å². The molecule has 29 heavy (non-hydrogen) atoms. The molecule has 180 valence electrons. The third kappa shape index (κ3) is 47.2. The topological polar surface area (TPSA) is 36.9 Å². The van der Waals surface area contributed by atoms with Gasteiger partial charge in [0.1, 0.15) is 6.79 Å². The molecule has 0 aromatic rings. The summed E-state index contributed by atoms with van der Waals surface area (Å²) in [5.41, 5.74) is 0. The minimum absolute atomic E-state index is 0.271. The van der Waals surface area contributed by atoms with Crippen LogP contribution in [0.3, 0.4) is 0 Å². The van der Waals surface area contributed by atoms with Crippen LogP contribution in [0.5, 0.6) is 0 Å². The minimum atomic E-state index is 0.271. The fourth-order valence-electron chi connectivity index (χ4n) is 1.82. The highest BCUT2D eigenvalue weighted by atomic mass is 16.7. The Morgan fingerprint density at radius 3 is 1.31 bits per heavy atom. The van der Waals surface area contributed by atoms with Gasteiger partial charge in [0.25, 0.3) is 0 Å². The van der Waals surface area contributed by atoms with Crippen LogP contribution in [-0.2, 0) is 18.9 Å². The Morgan fingerprint density at radius 1 is 0.483 bits per heavy atom. The molecule has 0 unspecified atom stereocenters. The smallest absolute Gasteiger partial charge is 0.147 e. The van der Waals surface area contributed by atoms with Gasteiger partial charge in [-0.3, -0.25) is 0 Å². The second-order valence-electron chi connectivity index (χ2n) is 9.66. The van der Waals surface area contributed by atoms with E-state index in [4.69, 9.17) is 18.9 Å². The number of ether oxygens (including phenoxy) is 4. The van der Waals surface area contributed by atoms with E-state index in [0.29, 0.717) is 24.9 Å². The summed E-state index contributed by atoms with van der Waals surface area (Å²) in [7, 11) is 0. The second kappa shape index (κ2) is 24.1. The van der Waals surface area contributed by atoms with Crippen LogP contribution < -0.4 is 0 Å². The lowest BCUT2D eigenvalue weighted by Crippen LogP contribution is -2.10. The highest BCUT2D eigenvalue weighted by Gasteiger charge is 1.96. The molecule has 0 heterocycles.